The molecule has 0 aliphatic carbocycles. The van der Waals surface area contributed by atoms with Gasteiger partial charge in [-0.15, -0.1) is 0 Å². The van der Waals surface area contributed by atoms with E-state index in [9.17, 15) is 4.79 Å². The topological polar surface area (TPSA) is 78.3 Å². The van der Waals surface area contributed by atoms with Gasteiger partial charge in [0.25, 0.3) is 0 Å². The number of halogens is 1. The molecule has 5 heteroatoms. The predicted octanol–water partition coefficient (Wildman–Crippen LogP) is 2.20. The van der Waals surface area contributed by atoms with Crippen molar-refractivity contribution in [2.24, 2.45) is 16.9 Å². The van der Waals surface area contributed by atoms with Crippen LogP contribution in [0.5, 0.6) is 5.75 Å². The third-order valence-electron chi connectivity index (χ3n) is 2.99. The van der Waals surface area contributed by atoms with Gasteiger partial charge in [0.15, 0.2) is 0 Å². The molecular weight excluding hydrogens is 343 g/mol. The molecule has 0 aliphatic heterocycles. The number of primary amides is 1. The minimum absolute atomic E-state index is 0.280. The van der Waals surface area contributed by atoms with E-state index in [0.29, 0.717) is 6.42 Å². The molecule has 4 nitrogen and oxygen atoms in total. The highest BCUT2D eigenvalue weighted by molar-refractivity contribution is 14.1. The van der Waals surface area contributed by atoms with Gasteiger partial charge in [-0.2, -0.15) is 0 Å². The molecule has 0 spiro atoms. The average molecular weight is 362 g/mol. The van der Waals surface area contributed by atoms with Crippen LogP contribution in [0, 0.1) is 8.99 Å². The summed E-state index contributed by atoms with van der Waals surface area (Å²) in [5.74, 6) is 0.394. The fraction of sp³-hybridized carbons (Fsp3) is 0.462. The first-order valence-corrected chi connectivity index (χ1v) is 6.74. The largest absolute Gasteiger partial charge is 0.496 e. The summed E-state index contributed by atoms with van der Waals surface area (Å²) >= 11 is 2.22. The number of hydrogen-bond donors (Lipinski definition) is 2. The number of benzene rings is 1. The van der Waals surface area contributed by atoms with Gasteiger partial charge < -0.3 is 16.2 Å². The second kappa shape index (κ2) is 5.88. The first-order valence-electron chi connectivity index (χ1n) is 5.67. The Kier molecular flexibility index (Phi) is 4.98. The molecule has 0 heterocycles. The minimum Gasteiger partial charge on any atom is -0.496 e. The van der Waals surface area contributed by atoms with Crippen molar-refractivity contribution in [3.8, 4) is 5.75 Å². The Morgan fingerprint density at radius 2 is 2.11 bits per heavy atom. The molecular formula is C13H19IN2O2. The molecule has 1 unspecified atom stereocenters. The van der Waals surface area contributed by atoms with Crippen LogP contribution in [-0.4, -0.2) is 13.0 Å². The van der Waals surface area contributed by atoms with E-state index < -0.39 is 5.41 Å². The van der Waals surface area contributed by atoms with Gasteiger partial charge in [0.1, 0.15) is 5.75 Å². The molecule has 0 bridgehead atoms. The van der Waals surface area contributed by atoms with E-state index in [1.165, 1.54) is 0 Å². The van der Waals surface area contributed by atoms with E-state index >= 15 is 0 Å². The number of hydrogen-bond acceptors (Lipinski definition) is 3. The Hall–Kier alpha value is -0.820. The summed E-state index contributed by atoms with van der Waals surface area (Å²) in [5, 5.41) is 0. The molecule has 0 radical (unpaired) electrons. The van der Waals surface area contributed by atoms with E-state index in [0.717, 1.165) is 14.9 Å². The Morgan fingerprint density at radius 1 is 1.50 bits per heavy atom. The summed E-state index contributed by atoms with van der Waals surface area (Å²) in [5.41, 5.74) is 11.8. The predicted molar refractivity (Wildman–Crippen MR) is 80.2 cm³/mol. The van der Waals surface area contributed by atoms with Crippen LogP contribution in [0.4, 0.5) is 0 Å². The first kappa shape index (κ1) is 15.2. The van der Waals surface area contributed by atoms with Gasteiger partial charge in [0, 0.05) is 20.6 Å². The molecule has 0 aromatic heterocycles. The van der Waals surface area contributed by atoms with Crippen LogP contribution >= 0.6 is 22.6 Å². The quantitative estimate of drug-likeness (QED) is 0.789. The summed E-state index contributed by atoms with van der Waals surface area (Å²) in [6.45, 7) is 3.60. The van der Waals surface area contributed by atoms with Crippen molar-refractivity contribution in [3.63, 3.8) is 0 Å². The highest BCUT2D eigenvalue weighted by atomic mass is 127. The third kappa shape index (κ3) is 3.58. The molecule has 1 amide bonds. The summed E-state index contributed by atoms with van der Waals surface area (Å²) < 4.78 is 6.38. The molecule has 0 saturated carbocycles. The SMILES string of the molecule is COc1ccc(I)cc1C(N)CC(C)(C)C(N)=O. The van der Waals surface area contributed by atoms with Gasteiger partial charge in [-0.3, -0.25) is 4.79 Å². The van der Waals surface area contributed by atoms with Gasteiger partial charge in [-0.1, -0.05) is 13.8 Å². The van der Waals surface area contributed by atoms with E-state index in [-0.39, 0.29) is 11.9 Å². The molecule has 18 heavy (non-hydrogen) atoms. The summed E-state index contributed by atoms with van der Waals surface area (Å²) in [6.07, 6.45) is 0.485. The van der Waals surface area contributed by atoms with Crippen LogP contribution in [0.2, 0.25) is 0 Å². The first-order chi connectivity index (χ1) is 8.27. The van der Waals surface area contributed by atoms with Crippen molar-refractivity contribution in [2.45, 2.75) is 26.3 Å². The fourth-order valence-electron chi connectivity index (χ4n) is 1.76. The smallest absolute Gasteiger partial charge is 0.223 e. The number of carbonyl (C=O) groups excluding carboxylic acids is 1. The van der Waals surface area contributed by atoms with E-state index in [4.69, 9.17) is 16.2 Å². The van der Waals surface area contributed by atoms with Gasteiger partial charge >= 0.3 is 0 Å². The Balaban J connectivity index is 3.00. The molecule has 1 aromatic rings. The molecule has 1 rings (SSSR count). The number of amides is 1. The second-order valence-corrected chi connectivity index (χ2v) is 6.19. The standard InChI is InChI=1S/C13H19IN2O2/c1-13(2,12(16)17)7-10(15)9-6-8(14)4-5-11(9)18-3/h4-6,10H,7,15H2,1-3H3,(H2,16,17). The van der Waals surface area contributed by atoms with Crippen LogP contribution in [0.15, 0.2) is 18.2 Å². The summed E-state index contributed by atoms with van der Waals surface area (Å²) in [6, 6.07) is 5.53. The zero-order valence-electron chi connectivity index (χ0n) is 10.9. The maximum Gasteiger partial charge on any atom is 0.223 e. The maximum absolute atomic E-state index is 11.3. The van der Waals surface area contributed by atoms with Crippen LogP contribution in [0.1, 0.15) is 31.9 Å². The highest BCUT2D eigenvalue weighted by Crippen LogP contribution is 2.33. The van der Waals surface area contributed by atoms with Crippen LogP contribution in [-0.2, 0) is 4.79 Å². The lowest BCUT2D eigenvalue weighted by molar-refractivity contribution is -0.126. The lowest BCUT2D eigenvalue weighted by Gasteiger charge is -2.25. The van der Waals surface area contributed by atoms with Crippen molar-refractivity contribution in [1.82, 2.24) is 0 Å². The Bertz CT molecular complexity index is 447. The van der Waals surface area contributed by atoms with Crippen LogP contribution < -0.4 is 16.2 Å². The van der Waals surface area contributed by atoms with Crippen molar-refractivity contribution in [3.05, 3.63) is 27.3 Å². The Morgan fingerprint density at radius 3 is 2.61 bits per heavy atom. The van der Waals surface area contributed by atoms with Crippen LogP contribution in [0.3, 0.4) is 0 Å². The number of carbonyl (C=O) groups is 1. The normalized spacial score (nSPS) is 13.2. The number of methoxy groups -OCH3 is 1. The number of nitrogens with two attached hydrogens (primary N) is 2. The number of rotatable bonds is 5. The lowest BCUT2D eigenvalue weighted by Crippen LogP contribution is -2.34. The molecule has 100 valence electrons. The molecule has 1 aromatic carbocycles. The van der Waals surface area contributed by atoms with Gasteiger partial charge in [-0.05, 0) is 47.2 Å². The van der Waals surface area contributed by atoms with Crippen LogP contribution in [0.25, 0.3) is 0 Å². The molecule has 0 aliphatic rings. The maximum atomic E-state index is 11.3. The van der Waals surface area contributed by atoms with Gasteiger partial charge in [0.05, 0.1) is 7.11 Å². The monoisotopic (exact) mass is 362 g/mol. The van der Waals surface area contributed by atoms with Gasteiger partial charge in [0.2, 0.25) is 5.91 Å². The molecule has 4 N–H and O–H groups in total. The lowest BCUT2D eigenvalue weighted by atomic mass is 9.83. The van der Waals surface area contributed by atoms with Crippen molar-refractivity contribution >= 4 is 28.5 Å². The average Bonchev–Trinajstić information content (AvgIpc) is 2.28. The van der Waals surface area contributed by atoms with E-state index in [1.54, 1.807) is 21.0 Å². The van der Waals surface area contributed by atoms with Gasteiger partial charge in [-0.25, -0.2) is 0 Å². The summed E-state index contributed by atoms with van der Waals surface area (Å²) in [4.78, 5) is 11.3. The zero-order valence-corrected chi connectivity index (χ0v) is 13.0. The highest BCUT2D eigenvalue weighted by Gasteiger charge is 2.29. The molecule has 0 fully saturated rings. The van der Waals surface area contributed by atoms with E-state index in [1.807, 2.05) is 18.2 Å². The van der Waals surface area contributed by atoms with Crippen molar-refractivity contribution < 1.29 is 9.53 Å². The van der Waals surface area contributed by atoms with E-state index in [2.05, 4.69) is 22.6 Å². The molecule has 0 saturated heterocycles. The second-order valence-electron chi connectivity index (χ2n) is 4.95. The summed E-state index contributed by atoms with van der Waals surface area (Å²) in [7, 11) is 1.61. The van der Waals surface area contributed by atoms with Crippen molar-refractivity contribution in [2.75, 3.05) is 7.11 Å². The Labute approximate surface area is 121 Å². The zero-order chi connectivity index (χ0) is 13.9. The molecule has 1 atom stereocenters. The fourth-order valence-corrected chi connectivity index (χ4v) is 2.27. The third-order valence-corrected chi connectivity index (χ3v) is 3.66. The minimum atomic E-state index is -0.633. The number of ether oxygens (including phenoxy) is 1. The van der Waals surface area contributed by atoms with Crippen molar-refractivity contribution in [1.29, 1.82) is 0 Å².